The van der Waals surface area contributed by atoms with Crippen LogP contribution in [0.25, 0.3) is 0 Å². The summed E-state index contributed by atoms with van der Waals surface area (Å²) >= 11 is 0. The first-order valence-corrected chi connectivity index (χ1v) is 9.50. The Kier molecular flexibility index (Phi) is 5.61. The number of rotatable bonds is 4. The molecule has 1 aliphatic carbocycles. The molecule has 1 saturated heterocycles. The van der Waals surface area contributed by atoms with Crippen molar-refractivity contribution in [2.45, 2.75) is 57.5 Å². The summed E-state index contributed by atoms with van der Waals surface area (Å²) in [5.74, 6) is -0.344. The molecule has 1 aromatic carbocycles. The fraction of sp³-hybridized carbons (Fsp3) is 0.600. The summed E-state index contributed by atoms with van der Waals surface area (Å²) in [5, 5.41) is 2.89. The summed E-state index contributed by atoms with van der Waals surface area (Å²) < 4.78 is 13.6. The van der Waals surface area contributed by atoms with Crippen molar-refractivity contribution in [2.75, 3.05) is 13.1 Å². The van der Waals surface area contributed by atoms with Crippen molar-refractivity contribution in [3.8, 4) is 0 Å². The summed E-state index contributed by atoms with van der Waals surface area (Å²) in [7, 11) is 0. The standard InChI is InChI=1S/C20H28FN3O2/c1-14-4-5-15(12-17(14)21)13-23-18(25)16-6-10-24(11-7-16)19(26)20(22)8-2-3-9-20/h4-5,12,16H,2-3,6-11,13,22H2,1H3,(H,23,25). The zero-order valence-corrected chi connectivity index (χ0v) is 15.4. The third kappa shape index (κ3) is 4.06. The molecule has 3 rings (SSSR count). The molecule has 0 atom stereocenters. The van der Waals surface area contributed by atoms with Crippen molar-refractivity contribution in [2.24, 2.45) is 11.7 Å². The second kappa shape index (κ2) is 7.74. The minimum absolute atomic E-state index is 0.0265. The summed E-state index contributed by atoms with van der Waals surface area (Å²) in [4.78, 5) is 26.8. The van der Waals surface area contributed by atoms with E-state index < -0.39 is 5.54 Å². The van der Waals surface area contributed by atoms with Crippen LogP contribution in [0.3, 0.4) is 0 Å². The van der Waals surface area contributed by atoms with E-state index in [0.717, 1.165) is 31.2 Å². The molecule has 0 spiro atoms. The Labute approximate surface area is 154 Å². The second-order valence-corrected chi connectivity index (χ2v) is 7.73. The molecule has 5 nitrogen and oxygen atoms in total. The van der Waals surface area contributed by atoms with Crippen molar-refractivity contribution in [3.63, 3.8) is 0 Å². The fourth-order valence-electron chi connectivity index (χ4n) is 3.96. The topological polar surface area (TPSA) is 75.4 Å². The number of nitrogens with one attached hydrogen (secondary N) is 1. The largest absolute Gasteiger partial charge is 0.352 e. The van der Waals surface area contributed by atoms with Crippen LogP contribution in [-0.4, -0.2) is 35.3 Å². The molecule has 0 bridgehead atoms. The molecule has 1 heterocycles. The Morgan fingerprint density at radius 1 is 1.27 bits per heavy atom. The number of likely N-dealkylation sites (tertiary alicyclic amines) is 1. The highest BCUT2D eigenvalue weighted by atomic mass is 19.1. The van der Waals surface area contributed by atoms with E-state index in [1.165, 1.54) is 6.07 Å². The number of hydrogen-bond acceptors (Lipinski definition) is 3. The normalized spacial score (nSPS) is 20.2. The van der Waals surface area contributed by atoms with E-state index in [9.17, 15) is 14.0 Å². The number of piperidine rings is 1. The summed E-state index contributed by atoms with van der Waals surface area (Å²) in [6.07, 6.45) is 4.85. The Hall–Kier alpha value is -1.95. The predicted octanol–water partition coefficient (Wildman–Crippen LogP) is 2.26. The third-order valence-corrected chi connectivity index (χ3v) is 5.78. The first kappa shape index (κ1) is 18.8. The lowest BCUT2D eigenvalue weighted by Gasteiger charge is -2.36. The van der Waals surface area contributed by atoms with Crippen molar-refractivity contribution in [3.05, 3.63) is 35.1 Å². The maximum atomic E-state index is 13.6. The van der Waals surface area contributed by atoms with Crippen LogP contribution in [0.5, 0.6) is 0 Å². The highest BCUT2D eigenvalue weighted by Gasteiger charge is 2.41. The van der Waals surface area contributed by atoms with Crippen LogP contribution in [0.15, 0.2) is 18.2 Å². The first-order valence-electron chi connectivity index (χ1n) is 9.50. The van der Waals surface area contributed by atoms with Crippen LogP contribution < -0.4 is 11.1 Å². The minimum atomic E-state index is -0.690. The molecule has 142 valence electrons. The average molecular weight is 361 g/mol. The molecule has 0 unspecified atom stereocenters. The summed E-state index contributed by atoms with van der Waals surface area (Å²) in [6, 6.07) is 4.99. The van der Waals surface area contributed by atoms with Gasteiger partial charge in [-0.05, 0) is 49.8 Å². The van der Waals surface area contributed by atoms with E-state index in [4.69, 9.17) is 5.73 Å². The molecule has 0 radical (unpaired) electrons. The minimum Gasteiger partial charge on any atom is -0.352 e. The molecule has 0 aromatic heterocycles. The van der Waals surface area contributed by atoms with E-state index in [1.54, 1.807) is 13.0 Å². The number of halogens is 1. The molecule has 1 aromatic rings. The lowest BCUT2D eigenvalue weighted by Crippen LogP contribution is -2.55. The second-order valence-electron chi connectivity index (χ2n) is 7.73. The van der Waals surface area contributed by atoms with Crippen LogP contribution in [0.1, 0.15) is 49.7 Å². The summed E-state index contributed by atoms with van der Waals surface area (Å²) in [5.41, 5.74) is 6.92. The Morgan fingerprint density at radius 2 is 1.92 bits per heavy atom. The molecular weight excluding hydrogens is 333 g/mol. The quantitative estimate of drug-likeness (QED) is 0.864. The van der Waals surface area contributed by atoms with Gasteiger partial charge in [0.25, 0.3) is 0 Å². The van der Waals surface area contributed by atoms with Gasteiger partial charge in [-0.25, -0.2) is 4.39 Å². The Morgan fingerprint density at radius 3 is 2.54 bits per heavy atom. The van der Waals surface area contributed by atoms with Gasteiger partial charge in [0.1, 0.15) is 5.82 Å². The third-order valence-electron chi connectivity index (χ3n) is 5.78. The van der Waals surface area contributed by atoms with Gasteiger partial charge in [-0.1, -0.05) is 25.0 Å². The van der Waals surface area contributed by atoms with Gasteiger partial charge in [0, 0.05) is 25.6 Å². The number of aryl methyl sites for hydroxylation is 1. The molecule has 6 heteroatoms. The monoisotopic (exact) mass is 361 g/mol. The lowest BCUT2D eigenvalue weighted by atomic mass is 9.92. The van der Waals surface area contributed by atoms with Gasteiger partial charge in [0.15, 0.2) is 0 Å². The lowest BCUT2D eigenvalue weighted by molar-refractivity contribution is -0.140. The van der Waals surface area contributed by atoms with Gasteiger partial charge in [0.2, 0.25) is 11.8 Å². The zero-order chi connectivity index (χ0) is 18.7. The SMILES string of the molecule is Cc1ccc(CNC(=O)C2CCN(C(=O)C3(N)CCCC3)CC2)cc1F. The smallest absolute Gasteiger partial charge is 0.242 e. The number of benzene rings is 1. The maximum Gasteiger partial charge on any atom is 0.242 e. The van der Waals surface area contributed by atoms with E-state index in [1.807, 2.05) is 11.0 Å². The predicted molar refractivity (Wildman–Crippen MR) is 97.7 cm³/mol. The van der Waals surface area contributed by atoms with Gasteiger partial charge in [0.05, 0.1) is 5.54 Å². The van der Waals surface area contributed by atoms with Gasteiger partial charge in [-0.3, -0.25) is 9.59 Å². The molecule has 2 fully saturated rings. The number of amides is 2. The van der Waals surface area contributed by atoms with E-state index in [-0.39, 0.29) is 23.5 Å². The molecule has 26 heavy (non-hydrogen) atoms. The van der Waals surface area contributed by atoms with Crippen molar-refractivity contribution < 1.29 is 14.0 Å². The van der Waals surface area contributed by atoms with E-state index in [2.05, 4.69) is 5.32 Å². The van der Waals surface area contributed by atoms with Gasteiger partial charge < -0.3 is 16.0 Å². The average Bonchev–Trinajstić information content (AvgIpc) is 3.10. The molecule has 2 amide bonds. The molecular formula is C20H28FN3O2. The Balaban J connectivity index is 1.47. The van der Waals surface area contributed by atoms with E-state index in [0.29, 0.717) is 38.0 Å². The number of nitrogens with two attached hydrogens (primary N) is 1. The van der Waals surface area contributed by atoms with E-state index >= 15 is 0 Å². The Bertz CT molecular complexity index is 678. The van der Waals surface area contributed by atoms with Crippen molar-refractivity contribution in [1.82, 2.24) is 10.2 Å². The number of nitrogens with zero attached hydrogens (tertiary/aromatic N) is 1. The zero-order valence-electron chi connectivity index (χ0n) is 15.4. The van der Waals surface area contributed by atoms with Crippen LogP contribution in [-0.2, 0) is 16.1 Å². The van der Waals surface area contributed by atoms with Gasteiger partial charge in [-0.2, -0.15) is 0 Å². The fourth-order valence-corrected chi connectivity index (χ4v) is 3.96. The molecule has 2 aliphatic rings. The van der Waals surface area contributed by atoms with Crippen molar-refractivity contribution in [1.29, 1.82) is 0 Å². The van der Waals surface area contributed by atoms with Gasteiger partial charge >= 0.3 is 0 Å². The van der Waals surface area contributed by atoms with Crippen LogP contribution in [0.2, 0.25) is 0 Å². The van der Waals surface area contributed by atoms with Gasteiger partial charge in [-0.15, -0.1) is 0 Å². The van der Waals surface area contributed by atoms with Crippen LogP contribution >= 0.6 is 0 Å². The summed E-state index contributed by atoms with van der Waals surface area (Å²) in [6.45, 7) is 3.19. The number of hydrogen-bond donors (Lipinski definition) is 2. The number of carbonyl (C=O) groups excluding carboxylic acids is 2. The molecule has 1 saturated carbocycles. The highest BCUT2D eigenvalue weighted by Crippen LogP contribution is 2.30. The molecule has 3 N–H and O–H groups in total. The van der Waals surface area contributed by atoms with Crippen LogP contribution in [0.4, 0.5) is 4.39 Å². The molecule has 1 aliphatic heterocycles. The van der Waals surface area contributed by atoms with Crippen molar-refractivity contribution >= 4 is 11.8 Å². The first-order chi connectivity index (χ1) is 12.4. The number of carbonyl (C=O) groups is 2. The van der Waals surface area contributed by atoms with Crippen LogP contribution in [0, 0.1) is 18.7 Å². The maximum absolute atomic E-state index is 13.6. The highest BCUT2D eigenvalue weighted by molar-refractivity contribution is 5.87.